The van der Waals surface area contributed by atoms with Gasteiger partial charge in [0.1, 0.15) is 12.4 Å². The Morgan fingerprint density at radius 1 is 1.24 bits per heavy atom. The topological polar surface area (TPSA) is 55.9 Å². The molecule has 0 radical (unpaired) electrons. The van der Waals surface area contributed by atoms with Gasteiger partial charge in [0.15, 0.2) is 11.5 Å². The summed E-state index contributed by atoms with van der Waals surface area (Å²) in [5.41, 5.74) is 3.26. The molecule has 1 unspecified atom stereocenters. The number of nitrogens with one attached hydrogen (secondary N) is 1. The van der Waals surface area contributed by atoms with Crippen molar-refractivity contribution in [3.8, 4) is 11.5 Å². The Bertz CT molecular complexity index is 808. The summed E-state index contributed by atoms with van der Waals surface area (Å²) in [6, 6.07) is 10.2. The van der Waals surface area contributed by atoms with Gasteiger partial charge in [-0.1, -0.05) is 18.7 Å². The summed E-state index contributed by atoms with van der Waals surface area (Å²) < 4.78 is 16.8. The molecule has 6 nitrogen and oxygen atoms in total. The van der Waals surface area contributed by atoms with Crippen LogP contribution in [0.25, 0.3) is 0 Å². The molecule has 0 spiro atoms. The van der Waals surface area contributed by atoms with Crippen molar-refractivity contribution < 1.29 is 14.2 Å². The lowest BCUT2D eigenvalue weighted by molar-refractivity contribution is 0.0529. The minimum absolute atomic E-state index is 0.251. The zero-order valence-corrected chi connectivity index (χ0v) is 17.6. The molecule has 2 heterocycles. The zero-order valence-electron chi connectivity index (χ0n) is 17.6. The molecular formula is C23H31N3O3. The van der Waals surface area contributed by atoms with E-state index in [2.05, 4.69) is 40.8 Å². The highest BCUT2D eigenvalue weighted by Gasteiger charge is 2.17. The summed E-state index contributed by atoms with van der Waals surface area (Å²) >= 11 is 0. The van der Waals surface area contributed by atoms with Gasteiger partial charge in [0.05, 0.1) is 19.8 Å². The lowest BCUT2D eigenvalue weighted by Crippen LogP contribution is -2.41. The maximum atomic E-state index is 5.80. The fourth-order valence-electron chi connectivity index (χ4n) is 3.23. The number of anilines is 1. The summed E-state index contributed by atoms with van der Waals surface area (Å²) in [5.74, 6) is 2.48. The maximum absolute atomic E-state index is 5.80. The Kier molecular flexibility index (Phi) is 7.49. The Morgan fingerprint density at radius 2 is 2.03 bits per heavy atom. The second kappa shape index (κ2) is 10.3. The Labute approximate surface area is 173 Å². The van der Waals surface area contributed by atoms with Gasteiger partial charge in [0, 0.05) is 32.4 Å². The Hall–Kier alpha value is -2.57. The molecule has 1 atom stereocenters. The van der Waals surface area contributed by atoms with E-state index in [0.717, 1.165) is 66.8 Å². The number of aromatic nitrogens is 1. The van der Waals surface area contributed by atoms with Crippen molar-refractivity contribution in [3.05, 3.63) is 59.8 Å². The van der Waals surface area contributed by atoms with E-state index in [1.165, 1.54) is 0 Å². The number of hydrogen-bond donors (Lipinski definition) is 1. The van der Waals surface area contributed by atoms with Gasteiger partial charge in [-0.05, 0) is 48.7 Å². The third-order valence-electron chi connectivity index (χ3n) is 4.73. The van der Waals surface area contributed by atoms with Crippen LogP contribution >= 0.6 is 0 Å². The minimum atomic E-state index is 0.251. The van der Waals surface area contributed by atoms with Gasteiger partial charge in [0.2, 0.25) is 0 Å². The smallest absolute Gasteiger partial charge is 0.161 e. The SMILES string of the molecule is C=C(C)COc1cc(CNCc2ccc(N3CCOC(C)C3)nc2)ccc1OC. The van der Waals surface area contributed by atoms with E-state index in [1.807, 2.05) is 31.3 Å². The van der Waals surface area contributed by atoms with Crippen molar-refractivity contribution in [1.82, 2.24) is 10.3 Å². The molecule has 29 heavy (non-hydrogen) atoms. The average Bonchev–Trinajstić information content (AvgIpc) is 2.73. The number of hydrogen-bond acceptors (Lipinski definition) is 6. The van der Waals surface area contributed by atoms with Crippen molar-refractivity contribution in [2.75, 3.05) is 38.3 Å². The number of morpholine rings is 1. The molecule has 1 aromatic heterocycles. The highest BCUT2D eigenvalue weighted by molar-refractivity contribution is 5.43. The largest absolute Gasteiger partial charge is 0.493 e. The van der Waals surface area contributed by atoms with E-state index in [9.17, 15) is 0 Å². The van der Waals surface area contributed by atoms with Crippen molar-refractivity contribution in [2.45, 2.75) is 33.0 Å². The van der Waals surface area contributed by atoms with Crippen molar-refractivity contribution >= 4 is 5.82 Å². The summed E-state index contributed by atoms with van der Waals surface area (Å²) in [6.45, 7) is 12.4. The number of nitrogens with zero attached hydrogens (tertiary/aromatic N) is 2. The van der Waals surface area contributed by atoms with Crippen LogP contribution in [0.3, 0.4) is 0 Å². The molecule has 6 heteroatoms. The van der Waals surface area contributed by atoms with Crippen LogP contribution in [-0.2, 0) is 17.8 Å². The van der Waals surface area contributed by atoms with Crippen LogP contribution in [-0.4, -0.2) is 44.5 Å². The molecule has 0 saturated carbocycles. The first kappa shape index (κ1) is 21.1. The fourth-order valence-corrected chi connectivity index (χ4v) is 3.23. The maximum Gasteiger partial charge on any atom is 0.161 e. The molecule has 0 amide bonds. The van der Waals surface area contributed by atoms with Crippen molar-refractivity contribution in [1.29, 1.82) is 0 Å². The van der Waals surface area contributed by atoms with Crippen LogP contribution in [0.4, 0.5) is 5.82 Å². The van der Waals surface area contributed by atoms with E-state index in [1.54, 1.807) is 7.11 Å². The van der Waals surface area contributed by atoms with Gasteiger partial charge in [-0.3, -0.25) is 0 Å². The van der Waals surface area contributed by atoms with Crippen molar-refractivity contribution in [2.24, 2.45) is 0 Å². The predicted octanol–water partition coefficient (Wildman–Crippen LogP) is 3.56. The first-order chi connectivity index (χ1) is 14.0. The zero-order chi connectivity index (χ0) is 20.6. The first-order valence-corrected chi connectivity index (χ1v) is 10.0. The number of benzene rings is 1. The van der Waals surface area contributed by atoms with Gasteiger partial charge in [0.25, 0.3) is 0 Å². The molecule has 1 aliphatic heterocycles. The second-order valence-corrected chi connectivity index (χ2v) is 7.49. The first-order valence-electron chi connectivity index (χ1n) is 10.0. The Morgan fingerprint density at radius 3 is 2.72 bits per heavy atom. The van der Waals surface area contributed by atoms with E-state index < -0.39 is 0 Å². The van der Waals surface area contributed by atoms with E-state index in [-0.39, 0.29) is 6.10 Å². The van der Waals surface area contributed by atoms with Gasteiger partial charge in [-0.15, -0.1) is 0 Å². The van der Waals surface area contributed by atoms with Gasteiger partial charge in [-0.2, -0.15) is 0 Å². The molecule has 0 bridgehead atoms. The highest BCUT2D eigenvalue weighted by Crippen LogP contribution is 2.28. The van der Waals surface area contributed by atoms with Crippen LogP contribution in [0, 0.1) is 0 Å². The number of methoxy groups -OCH3 is 1. The normalized spacial score (nSPS) is 16.5. The molecule has 3 rings (SSSR count). The van der Waals surface area contributed by atoms with Crippen LogP contribution in [0.15, 0.2) is 48.7 Å². The molecular weight excluding hydrogens is 366 g/mol. The third-order valence-corrected chi connectivity index (χ3v) is 4.73. The van der Waals surface area contributed by atoms with Crippen LogP contribution < -0.4 is 19.7 Å². The van der Waals surface area contributed by atoms with Crippen LogP contribution in [0.5, 0.6) is 11.5 Å². The Balaban J connectivity index is 1.53. The standard InChI is InChI=1S/C23H31N3O3/c1-17(2)16-29-22-11-19(5-7-21(22)27-4)12-24-13-20-6-8-23(25-14-20)26-9-10-28-18(3)15-26/h5-8,11,14,18,24H,1,9-10,12-13,15-16H2,2-4H3. The van der Waals surface area contributed by atoms with E-state index in [0.29, 0.717) is 6.61 Å². The van der Waals surface area contributed by atoms with E-state index in [4.69, 9.17) is 14.2 Å². The molecule has 1 saturated heterocycles. The monoisotopic (exact) mass is 397 g/mol. The van der Waals surface area contributed by atoms with Gasteiger partial charge in [-0.25, -0.2) is 4.98 Å². The van der Waals surface area contributed by atoms with Gasteiger partial charge < -0.3 is 24.4 Å². The molecule has 1 aromatic carbocycles. The number of rotatable bonds is 9. The molecule has 1 aliphatic rings. The minimum Gasteiger partial charge on any atom is -0.493 e. The summed E-state index contributed by atoms with van der Waals surface area (Å²) in [5, 5.41) is 3.47. The molecule has 2 aromatic rings. The summed E-state index contributed by atoms with van der Waals surface area (Å²) in [4.78, 5) is 6.90. The lowest BCUT2D eigenvalue weighted by atomic mass is 10.2. The number of pyridine rings is 1. The summed E-state index contributed by atoms with van der Waals surface area (Å²) in [6.07, 6.45) is 2.19. The summed E-state index contributed by atoms with van der Waals surface area (Å²) in [7, 11) is 1.65. The predicted molar refractivity (Wildman–Crippen MR) is 116 cm³/mol. The molecule has 1 fully saturated rings. The van der Waals surface area contributed by atoms with E-state index >= 15 is 0 Å². The molecule has 156 valence electrons. The van der Waals surface area contributed by atoms with Crippen LogP contribution in [0.2, 0.25) is 0 Å². The fraction of sp³-hybridized carbons (Fsp3) is 0.435. The highest BCUT2D eigenvalue weighted by atomic mass is 16.5. The molecule has 0 aliphatic carbocycles. The molecule has 1 N–H and O–H groups in total. The lowest BCUT2D eigenvalue weighted by Gasteiger charge is -2.32. The quantitative estimate of drug-likeness (QED) is 0.653. The second-order valence-electron chi connectivity index (χ2n) is 7.49. The third kappa shape index (κ3) is 6.21. The number of ether oxygens (including phenoxy) is 3. The van der Waals surface area contributed by atoms with Crippen LogP contribution in [0.1, 0.15) is 25.0 Å². The average molecular weight is 398 g/mol. The van der Waals surface area contributed by atoms with Gasteiger partial charge >= 0.3 is 0 Å². The van der Waals surface area contributed by atoms with Crippen molar-refractivity contribution in [3.63, 3.8) is 0 Å².